The monoisotopic (exact) mass is 403 g/mol. The van der Waals surface area contributed by atoms with Crippen LogP contribution in [-0.4, -0.2) is 31.9 Å². The summed E-state index contributed by atoms with van der Waals surface area (Å²) < 4.78 is 32.6. The summed E-state index contributed by atoms with van der Waals surface area (Å²) in [6.45, 7) is 6.48. The van der Waals surface area contributed by atoms with E-state index in [1.165, 1.54) is 0 Å². The van der Waals surface area contributed by atoms with Crippen LogP contribution >= 0.6 is 12.2 Å². The minimum Gasteiger partial charge on any atom is -0.393 e. The summed E-state index contributed by atoms with van der Waals surface area (Å²) in [4.78, 5) is 0.493. The summed E-state index contributed by atoms with van der Waals surface area (Å²) in [6.07, 6.45) is 0. The first-order valence-corrected chi connectivity index (χ1v) is 11.0. The third-order valence-corrected chi connectivity index (χ3v) is 8.05. The van der Waals surface area contributed by atoms with Crippen LogP contribution in [0.2, 0.25) is 0 Å². The number of sulfone groups is 1. The van der Waals surface area contributed by atoms with E-state index < -0.39 is 20.5 Å². The SMILES string of the molecule is CCOC[C@@]1(C(N)=S)[C@H](c2ccc(C)cc2)[C@@H]1S(=O)(=O)c1ccc(C)cc1. The van der Waals surface area contributed by atoms with Gasteiger partial charge in [-0.2, -0.15) is 0 Å². The standard InChI is InChI=1S/C21H25NO3S2/c1-4-25-13-21(20(22)26)18(16-9-5-14(2)6-10-16)19(21)27(23,24)17-11-7-15(3)8-12-17/h5-12,18-19H,4,13H2,1-3H3,(H2,22,26)/t18-,19+,21-/m1/s1. The molecule has 2 N–H and O–H groups in total. The fraction of sp³-hybridized carbons (Fsp3) is 0.381. The van der Waals surface area contributed by atoms with E-state index in [4.69, 9.17) is 22.7 Å². The molecule has 0 radical (unpaired) electrons. The van der Waals surface area contributed by atoms with E-state index >= 15 is 0 Å². The second-order valence-corrected chi connectivity index (χ2v) is 9.72. The summed E-state index contributed by atoms with van der Waals surface area (Å²) in [5.41, 5.74) is 8.27. The van der Waals surface area contributed by atoms with Crippen LogP contribution in [0.1, 0.15) is 29.5 Å². The van der Waals surface area contributed by atoms with Crippen molar-refractivity contribution < 1.29 is 13.2 Å². The number of hydrogen-bond acceptors (Lipinski definition) is 4. The molecular weight excluding hydrogens is 378 g/mol. The molecule has 1 aliphatic rings. The molecule has 1 saturated carbocycles. The lowest BCUT2D eigenvalue weighted by molar-refractivity contribution is 0.121. The van der Waals surface area contributed by atoms with Gasteiger partial charge in [0.05, 0.1) is 27.2 Å². The topological polar surface area (TPSA) is 69.4 Å². The number of hydrogen-bond donors (Lipinski definition) is 1. The Morgan fingerprint density at radius 3 is 2.07 bits per heavy atom. The predicted molar refractivity (Wildman–Crippen MR) is 112 cm³/mol. The highest BCUT2D eigenvalue weighted by molar-refractivity contribution is 7.92. The Hall–Kier alpha value is -1.76. The average Bonchev–Trinajstić information content (AvgIpc) is 3.32. The second kappa shape index (κ2) is 7.34. The van der Waals surface area contributed by atoms with Gasteiger partial charge in [0.2, 0.25) is 0 Å². The fourth-order valence-electron chi connectivity index (χ4n) is 3.79. The Kier molecular flexibility index (Phi) is 5.43. The van der Waals surface area contributed by atoms with Crippen molar-refractivity contribution >= 4 is 27.0 Å². The molecule has 144 valence electrons. The second-order valence-electron chi connectivity index (χ2n) is 7.21. The summed E-state index contributed by atoms with van der Waals surface area (Å²) >= 11 is 5.36. The molecule has 0 bridgehead atoms. The first-order valence-electron chi connectivity index (χ1n) is 9.00. The van der Waals surface area contributed by atoms with Gasteiger partial charge < -0.3 is 10.5 Å². The van der Waals surface area contributed by atoms with Crippen molar-refractivity contribution in [2.45, 2.75) is 36.8 Å². The van der Waals surface area contributed by atoms with Crippen LogP contribution in [0.3, 0.4) is 0 Å². The van der Waals surface area contributed by atoms with Gasteiger partial charge in [-0.1, -0.05) is 59.7 Å². The van der Waals surface area contributed by atoms with Gasteiger partial charge in [-0.05, 0) is 38.5 Å². The van der Waals surface area contributed by atoms with Crippen LogP contribution in [0.25, 0.3) is 0 Å². The lowest BCUT2D eigenvalue weighted by Gasteiger charge is -2.17. The number of ether oxygens (including phenoxy) is 1. The summed E-state index contributed by atoms with van der Waals surface area (Å²) in [7, 11) is -3.62. The van der Waals surface area contributed by atoms with Crippen molar-refractivity contribution in [3.8, 4) is 0 Å². The average molecular weight is 404 g/mol. The van der Waals surface area contributed by atoms with Crippen molar-refractivity contribution in [3.05, 3.63) is 65.2 Å². The van der Waals surface area contributed by atoms with Crippen molar-refractivity contribution in [2.75, 3.05) is 13.2 Å². The van der Waals surface area contributed by atoms with E-state index in [2.05, 4.69) is 0 Å². The molecule has 1 aliphatic carbocycles. The molecule has 0 aromatic heterocycles. The molecule has 4 nitrogen and oxygen atoms in total. The number of nitrogens with two attached hydrogens (primary N) is 1. The van der Waals surface area contributed by atoms with Crippen molar-refractivity contribution in [1.82, 2.24) is 0 Å². The highest BCUT2D eigenvalue weighted by Gasteiger charge is 2.73. The highest BCUT2D eigenvalue weighted by atomic mass is 32.2. The highest BCUT2D eigenvalue weighted by Crippen LogP contribution is 2.64. The quantitative estimate of drug-likeness (QED) is 0.716. The zero-order valence-corrected chi connectivity index (χ0v) is 17.4. The van der Waals surface area contributed by atoms with Crippen molar-refractivity contribution in [3.63, 3.8) is 0 Å². The molecule has 27 heavy (non-hydrogen) atoms. The smallest absolute Gasteiger partial charge is 0.182 e. The third-order valence-electron chi connectivity index (χ3n) is 5.38. The van der Waals surface area contributed by atoms with E-state index in [1.807, 2.05) is 45.0 Å². The molecule has 0 amide bonds. The van der Waals surface area contributed by atoms with Gasteiger partial charge in [0.25, 0.3) is 0 Å². The number of rotatable bonds is 7. The minimum absolute atomic E-state index is 0.196. The molecule has 0 heterocycles. The lowest BCUT2D eigenvalue weighted by Crippen LogP contribution is -2.33. The Balaban J connectivity index is 2.10. The van der Waals surface area contributed by atoms with Gasteiger partial charge in [-0.15, -0.1) is 0 Å². The molecule has 3 atom stereocenters. The van der Waals surface area contributed by atoms with Gasteiger partial charge in [0.15, 0.2) is 9.84 Å². The molecular formula is C21H25NO3S2. The lowest BCUT2D eigenvalue weighted by atomic mass is 9.99. The molecule has 1 fully saturated rings. The third kappa shape index (κ3) is 3.42. The van der Waals surface area contributed by atoms with Crippen LogP contribution in [0.5, 0.6) is 0 Å². The molecule has 0 unspecified atom stereocenters. The maximum absolute atomic E-state index is 13.5. The maximum atomic E-state index is 13.5. The van der Waals surface area contributed by atoms with Gasteiger partial charge in [-0.3, -0.25) is 0 Å². The Morgan fingerprint density at radius 2 is 1.59 bits per heavy atom. The minimum atomic E-state index is -3.62. The van der Waals surface area contributed by atoms with E-state index in [0.717, 1.165) is 16.7 Å². The van der Waals surface area contributed by atoms with Crippen LogP contribution in [-0.2, 0) is 14.6 Å². The first-order chi connectivity index (χ1) is 12.7. The van der Waals surface area contributed by atoms with Crippen molar-refractivity contribution in [1.29, 1.82) is 0 Å². The molecule has 2 aromatic carbocycles. The largest absolute Gasteiger partial charge is 0.393 e. The van der Waals surface area contributed by atoms with Crippen molar-refractivity contribution in [2.24, 2.45) is 11.1 Å². The molecule has 0 aliphatic heterocycles. The molecule has 0 saturated heterocycles. The van der Waals surface area contributed by atoms with Crippen LogP contribution in [0, 0.1) is 19.3 Å². The first kappa shape index (κ1) is 20.0. The molecule has 2 aromatic rings. The summed E-state index contributed by atoms with van der Waals surface area (Å²) in [5.74, 6) is -0.312. The van der Waals surface area contributed by atoms with E-state index in [1.54, 1.807) is 24.3 Å². The zero-order chi connectivity index (χ0) is 19.8. The Morgan fingerprint density at radius 1 is 1.07 bits per heavy atom. The van der Waals surface area contributed by atoms with Gasteiger partial charge in [0, 0.05) is 12.5 Å². The van der Waals surface area contributed by atoms with Gasteiger partial charge in [0.1, 0.15) is 0 Å². The van der Waals surface area contributed by atoms with Crippen LogP contribution in [0.4, 0.5) is 0 Å². The van der Waals surface area contributed by atoms with E-state index in [0.29, 0.717) is 11.5 Å². The molecule has 3 rings (SSSR count). The normalized spacial score (nSPS) is 24.6. The number of benzene rings is 2. The maximum Gasteiger partial charge on any atom is 0.182 e. The van der Waals surface area contributed by atoms with Gasteiger partial charge >= 0.3 is 0 Å². The summed E-state index contributed by atoms with van der Waals surface area (Å²) in [6, 6.07) is 14.8. The molecule has 0 spiro atoms. The fourth-order valence-corrected chi connectivity index (χ4v) is 6.56. The molecule has 6 heteroatoms. The Bertz CT molecular complexity index is 936. The number of thiocarbonyl (C=S) groups is 1. The Labute approximate surface area is 166 Å². The zero-order valence-electron chi connectivity index (χ0n) is 15.8. The van der Waals surface area contributed by atoms with E-state index in [9.17, 15) is 8.42 Å². The van der Waals surface area contributed by atoms with Crippen LogP contribution < -0.4 is 5.73 Å². The predicted octanol–water partition coefficient (Wildman–Crippen LogP) is 3.55. The van der Waals surface area contributed by atoms with Gasteiger partial charge in [-0.25, -0.2) is 8.42 Å². The summed E-state index contributed by atoms with van der Waals surface area (Å²) in [5, 5.41) is -0.723. The number of aryl methyl sites for hydroxylation is 2. The van der Waals surface area contributed by atoms with Crippen LogP contribution in [0.15, 0.2) is 53.4 Å². The van der Waals surface area contributed by atoms with E-state index in [-0.39, 0.29) is 17.5 Å².